The molecular weight excluding hydrogens is 210 g/mol. The van der Waals surface area contributed by atoms with Crippen molar-refractivity contribution in [3.63, 3.8) is 0 Å². The molecule has 0 saturated heterocycles. The molecule has 0 atom stereocenters. The van der Waals surface area contributed by atoms with Crippen LogP contribution < -0.4 is 0 Å². The Morgan fingerprint density at radius 2 is 2.27 bits per heavy atom. The molecule has 12 heteroatoms. The van der Waals surface area contributed by atoms with Crippen LogP contribution in [0, 0.1) is 0 Å². The topological polar surface area (TPSA) is 183 Å². The highest BCUT2D eigenvalue weighted by atomic mass is 16.6. The van der Waals surface area contributed by atoms with Gasteiger partial charge in [-0.2, -0.15) is 0 Å². The first kappa shape index (κ1) is 10.4. The van der Waals surface area contributed by atoms with Crippen LogP contribution in [0.3, 0.4) is 0 Å². The molecule has 2 heterocycles. The molecular formula is C3H3N9O3. The van der Waals surface area contributed by atoms with Crippen LogP contribution in [0.5, 0.6) is 0 Å². The largest absolute Gasteiger partial charge is 0.412 e. The highest BCUT2D eigenvalue weighted by Crippen LogP contribution is 2.23. The van der Waals surface area contributed by atoms with E-state index in [1.807, 2.05) is 0 Å². The van der Waals surface area contributed by atoms with Crippen molar-refractivity contribution in [2.75, 3.05) is 0 Å². The van der Waals surface area contributed by atoms with E-state index in [1.54, 1.807) is 0 Å². The Balaban J connectivity index is 0.00000112. The second-order valence-corrected chi connectivity index (χ2v) is 2.02. The first-order valence-corrected chi connectivity index (χ1v) is 3.18. The van der Waals surface area contributed by atoms with Gasteiger partial charge in [0.1, 0.15) is 0 Å². The number of nitrogens with zero attached hydrogens (tertiary/aromatic N) is 9. The third-order valence-electron chi connectivity index (χ3n) is 1.28. The van der Waals surface area contributed by atoms with Crippen LogP contribution in [0.15, 0.2) is 9.74 Å². The highest BCUT2D eigenvalue weighted by molar-refractivity contribution is 5.60. The van der Waals surface area contributed by atoms with Gasteiger partial charge in [-0.3, -0.25) is 0 Å². The second-order valence-electron chi connectivity index (χ2n) is 2.02. The Morgan fingerprint density at radius 1 is 1.47 bits per heavy atom. The van der Waals surface area contributed by atoms with E-state index in [1.165, 1.54) is 0 Å². The van der Waals surface area contributed by atoms with Crippen molar-refractivity contribution in [3.8, 4) is 11.5 Å². The second kappa shape index (κ2) is 3.99. The summed E-state index contributed by atoms with van der Waals surface area (Å²) in [6, 6.07) is 0. The predicted molar refractivity (Wildman–Crippen MR) is 40.7 cm³/mol. The molecule has 2 rings (SSSR count). The lowest BCUT2D eigenvalue weighted by molar-refractivity contribution is 0.146. The third kappa shape index (κ3) is 1.65. The lowest BCUT2D eigenvalue weighted by Crippen LogP contribution is -1.96. The molecule has 0 aromatic carbocycles. The maximum Gasteiger partial charge on any atom is 0.246 e. The lowest BCUT2D eigenvalue weighted by atomic mass is 10.4. The number of tetrazole rings is 1. The molecule has 0 saturated carbocycles. The molecule has 0 spiro atoms. The number of rotatable bonds is 2. The van der Waals surface area contributed by atoms with Gasteiger partial charge >= 0.3 is 0 Å². The van der Waals surface area contributed by atoms with Gasteiger partial charge in [-0.1, -0.05) is 4.85 Å². The van der Waals surface area contributed by atoms with Crippen LogP contribution in [0.2, 0.25) is 0 Å². The van der Waals surface area contributed by atoms with Gasteiger partial charge in [-0.05, 0) is 31.4 Å². The molecule has 0 bridgehead atoms. The Kier molecular flexibility index (Phi) is 2.76. The first-order valence-electron chi connectivity index (χ1n) is 3.18. The third-order valence-corrected chi connectivity index (χ3v) is 1.28. The van der Waals surface area contributed by atoms with Crippen molar-refractivity contribution in [1.82, 2.24) is 30.7 Å². The van der Waals surface area contributed by atoms with E-state index < -0.39 is 0 Å². The number of aromatic nitrogens is 6. The van der Waals surface area contributed by atoms with Crippen LogP contribution in [-0.4, -0.2) is 41.4 Å². The van der Waals surface area contributed by atoms with Crippen molar-refractivity contribution in [1.29, 1.82) is 0 Å². The average molecular weight is 213 g/mol. The fourth-order valence-electron chi connectivity index (χ4n) is 0.757. The maximum absolute atomic E-state index is 9.05. The van der Waals surface area contributed by atoms with Gasteiger partial charge in [-0.25, -0.2) is 4.63 Å². The molecule has 78 valence electrons. The van der Waals surface area contributed by atoms with E-state index in [0.717, 1.165) is 0 Å². The highest BCUT2D eigenvalue weighted by Gasteiger charge is 2.17. The monoisotopic (exact) mass is 213 g/mol. The van der Waals surface area contributed by atoms with Gasteiger partial charge in [0.25, 0.3) is 0 Å². The average Bonchev–Trinajstić information content (AvgIpc) is 2.74. The van der Waals surface area contributed by atoms with Crippen molar-refractivity contribution >= 4 is 5.82 Å². The molecule has 2 aromatic rings. The summed E-state index contributed by atoms with van der Waals surface area (Å²) < 4.78 is 4.29. The molecule has 3 N–H and O–H groups in total. The lowest BCUT2D eigenvalue weighted by Gasteiger charge is -1.89. The van der Waals surface area contributed by atoms with E-state index >= 15 is 0 Å². The van der Waals surface area contributed by atoms with Crippen LogP contribution in [-0.2, 0) is 0 Å². The van der Waals surface area contributed by atoms with E-state index in [0.29, 0.717) is 4.85 Å². The zero-order chi connectivity index (χ0) is 9.97. The Morgan fingerprint density at radius 3 is 2.87 bits per heavy atom. The van der Waals surface area contributed by atoms with E-state index in [9.17, 15) is 0 Å². The molecule has 0 aliphatic rings. The fourth-order valence-corrected chi connectivity index (χ4v) is 0.757. The molecule has 0 radical (unpaired) electrons. The first-order chi connectivity index (χ1) is 6.83. The van der Waals surface area contributed by atoms with Crippen molar-refractivity contribution in [2.45, 2.75) is 0 Å². The van der Waals surface area contributed by atoms with E-state index in [4.69, 9.17) is 10.7 Å². The smallest absolute Gasteiger partial charge is 0.246 e. The quantitative estimate of drug-likeness (QED) is 0.289. The summed E-state index contributed by atoms with van der Waals surface area (Å²) >= 11 is 0. The predicted octanol–water partition coefficient (Wildman–Crippen LogP) is -0.923. The summed E-state index contributed by atoms with van der Waals surface area (Å²) in [6.07, 6.45) is 0. The van der Waals surface area contributed by atoms with Gasteiger partial charge in [0.2, 0.25) is 11.6 Å². The van der Waals surface area contributed by atoms with Gasteiger partial charge in [-0.15, -0.1) is 5.10 Å². The minimum atomic E-state index is -0.155. The zero-order valence-electron chi connectivity index (χ0n) is 6.88. The minimum Gasteiger partial charge on any atom is -0.412 e. The Hall–Kier alpha value is -2.72. The summed E-state index contributed by atoms with van der Waals surface area (Å²) in [4.78, 5) is 2.84. The Labute approximate surface area is 80.0 Å². The Bertz CT molecular complexity index is 494. The minimum absolute atomic E-state index is 0. The number of azide groups is 1. The molecule has 0 amide bonds. The standard InChI is InChI=1S/C3HN9O2.H2O/c4-9-5-2-1(7-14-8-2)3-6-10-11-12(3)13;/h13H;1H2. The molecule has 15 heavy (non-hydrogen) atoms. The molecule has 2 aromatic heterocycles. The van der Waals surface area contributed by atoms with Crippen LogP contribution in [0.4, 0.5) is 5.82 Å². The summed E-state index contributed by atoms with van der Waals surface area (Å²) in [6.45, 7) is 0. The number of hydrogen-bond donors (Lipinski definition) is 1. The van der Waals surface area contributed by atoms with Crippen LogP contribution in [0.25, 0.3) is 22.0 Å². The summed E-state index contributed by atoms with van der Waals surface area (Å²) in [5.74, 6) is -0.286. The fraction of sp³-hybridized carbons (Fsp3) is 0. The molecule has 0 fully saturated rings. The summed E-state index contributed by atoms with van der Waals surface area (Å²) in [5, 5.41) is 28.5. The van der Waals surface area contributed by atoms with Crippen molar-refractivity contribution in [3.05, 3.63) is 10.4 Å². The van der Waals surface area contributed by atoms with Gasteiger partial charge < -0.3 is 10.7 Å². The SMILES string of the molecule is O.[N-]=[N+]=Nc1nonc1-c1nnnn1O. The van der Waals surface area contributed by atoms with Crippen molar-refractivity contribution in [2.24, 2.45) is 5.11 Å². The zero-order valence-corrected chi connectivity index (χ0v) is 6.88. The molecule has 0 aliphatic heterocycles. The summed E-state index contributed by atoms with van der Waals surface area (Å²) in [7, 11) is 0. The maximum atomic E-state index is 9.05. The molecule has 12 nitrogen and oxygen atoms in total. The van der Waals surface area contributed by atoms with Gasteiger partial charge in [0.15, 0.2) is 5.69 Å². The van der Waals surface area contributed by atoms with Crippen LogP contribution in [0.1, 0.15) is 0 Å². The van der Waals surface area contributed by atoms with Crippen molar-refractivity contribution < 1.29 is 15.3 Å². The van der Waals surface area contributed by atoms with E-state index in [2.05, 4.69) is 40.5 Å². The normalized spacial score (nSPS) is 9.07. The van der Waals surface area contributed by atoms with Gasteiger partial charge in [0.05, 0.1) is 0 Å². The summed E-state index contributed by atoms with van der Waals surface area (Å²) in [5.41, 5.74) is 8.11. The molecule has 0 aliphatic carbocycles. The van der Waals surface area contributed by atoms with Crippen LogP contribution >= 0.6 is 0 Å². The van der Waals surface area contributed by atoms with Gasteiger partial charge in [0, 0.05) is 4.91 Å². The van der Waals surface area contributed by atoms with E-state index in [-0.39, 0.29) is 22.8 Å². The molecule has 0 unspecified atom stereocenters. The number of hydrogen-bond acceptors (Lipinski definition) is 8.